The van der Waals surface area contributed by atoms with Gasteiger partial charge in [0.25, 0.3) is 0 Å². The van der Waals surface area contributed by atoms with E-state index < -0.39 is 5.97 Å². The summed E-state index contributed by atoms with van der Waals surface area (Å²) in [4.78, 5) is 11.8. The Hall–Kier alpha value is -3.15. The van der Waals surface area contributed by atoms with Crippen molar-refractivity contribution >= 4 is 17.6 Å². The Kier molecular flexibility index (Phi) is 4.79. The number of hydrogen-bond donors (Lipinski definition) is 1. The summed E-state index contributed by atoms with van der Waals surface area (Å²) in [5.41, 5.74) is 1.24. The van der Waals surface area contributed by atoms with Crippen LogP contribution in [0, 0.1) is 0 Å². The molecule has 1 N–H and O–H groups in total. The molecule has 0 bridgehead atoms. The third-order valence-corrected chi connectivity index (χ3v) is 3.82. The minimum absolute atomic E-state index is 0.114. The van der Waals surface area contributed by atoms with Gasteiger partial charge in [-0.1, -0.05) is 18.2 Å². The van der Waals surface area contributed by atoms with Gasteiger partial charge < -0.3 is 24.1 Å². The molecular weight excluding hydrogens is 324 g/mol. The summed E-state index contributed by atoms with van der Waals surface area (Å²) in [5, 5.41) is 9.67. The lowest BCUT2D eigenvalue weighted by Gasteiger charge is -2.19. The summed E-state index contributed by atoms with van der Waals surface area (Å²) in [6.07, 6.45) is 1.55. The lowest BCUT2D eigenvalue weighted by atomic mass is 10.0. The quantitative estimate of drug-likeness (QED) is 0.665. The molecule has 2 aromatic carbocycles. The molecule has 0 amide bonds. The fourth-order valence-electron chi connectivity index (χ4n) is 2.66. The Morgan fingerprint density at radius 2 is 1.84 bits per heavy atom. The number of benzene rings is 2. The first-order valence-corrected chi connectivity index (χ1v) is 7.70. The van der Waals surface area contributed by atoms with E-state index in [4.69, 9.17) is 18.9 Å². The molecule has 0 aliphatic carbocycles. The van der Waals surface area contributed by atoms with E-state index in [0.29, 0.717) is 47.3 Å². The zero-order chi connectivity index (χ0) is 17.8. The number of ether oxygens (including phenoxy) is 4. The Bertz CT molecular complexity index is 825. The number of carboxylic acids is 1. The van der Waals surface area contributed by atoms with Crippen LogP contribution in [0.15, 0.2) is 36.4 Å². The summed E-state index contributed by atoms with van der Waals surface area (Å²) in [7, 11) is 3.05. The van der Waals surface area contributed by atoms with E-state index in [1.54, 1.807) is 42.5 Å². The molecule has 1 aliphatic rings. The molecule has 0 radical (unpaired) electrons. The van der Waals surface area contributed by atoms with E-state index in [2.05, 4.69) is 0 Å². The molecule has 0 saturated heterocycles. The lowest BCUT2D eigenvalue weighted by Crippen LogP contribution is -2.15. The molecule has 1 heterocycles. The van der Waals surface area contributed by atoms with Gasteiger partial charge >= 0.3 is 5.97 Å². The van der Waals surface area contributed by atoms with Crippen LogP contribution in [-0.4, -0.2) is 38.5 Å². The molecule has 3 rings (SSSR count). The average molecular weight is 342 g/mol. The highest BCUT2D eigenvalue weighted by atomic mass is 16.6. The maximum Gasteiger partial charge on any atom is 0.336 e. The SMILES string of the molecule is COc1cccc(/C=C(\C(=O)O)c2ccc3c(c2)OCCO3)c1OC. The van der Waals surface area contributed by atoms with Crippen LogP contribution in [0.25, 0.3) is 11.6 Å². The molecule has 25 heavy (non-hydrogen) atoms. The Labute approximate surface area is 145 Å². The first-order valence-electron chi connectivity index (χ1n) is 7.70. The van der Waals surface area contributed by atoms with E-state index in [-0.39, 0.29) is 5.57 Å². The zero-order valence-electron chi connectivity index (χ0n) is 13.9. The minimum Gasteiger partial charge on any atom is -0.493 e. The Morgan fingerprint density at radius 1 is 1.08 bits per heavy atom. The van der Waals surface area contributed by atoms with Crippen LogP contribution in [0.5, 0.6) is 23.0 Å². The maximum atomic E-state index is 11.8. The van der Waals surface area contributed by atoms with Gasteiger partial charge in [0.15, 0.2) is 23.0 Å². The Balaban J connectivity index is 2.08. The standard InChI is InChI=1S/C19H18O6/c1-22-16-5-3-4-13(18(16)23-2)10-14(19(20)21)12-6-7-15-17(11-12)25-9-8-24-15/h3-7,10-11H,8-9H2,1-2H3,(H,20,21)/b14-10-. The molecule has 130 valence electrons. The lowest BCUT2D eigenvalue weighted by molar-refractivity contribution is -0.130. The van der Waals surface area contributed by atoms with Crippen LogP contribution in [0.4, 0.5) is 0 Å². The topological polar surface area (TPSA) is 74.2 Å². The molecule has 0 spiro atoms. The van der Waals surface area contributed by atoms with Gasteiger partial charge in [0.05, 0.1) is 19.8 Å². The van der Waals surface area contributed by atoms with Gasteiger partial charge in [0.2, 0.25) is 0 Å². The molecule has 0 saturated carbocycles. The Morgan fingerprint density at radius 3 is 2.52 bits per heavy atom. The monoisotopic (exact) mass is 342 g/mol. The minimum atomic E-state index is -1.05. The van der Waals surface area contributed by atoms with Crippen LogP contribution >= 0.6 is 0 Å². The molecule has 6 nitrogen and oxygen atoms in total. The molecule has 6 heteroatoms. The highest BCUT2D eigenvalue weighted by molar-refractivity contribution is 6.21. The van der Waals surface area contributed by atoms with Crippen LogP contribution < -0.4 is 18.9 Å². The number of methoxy groups -OCH3 is 2. The molecular formula is C19H18O6. The maximum absolute atomic E-state index is 11.8. The average Bonchev–Trinajstić information content (AvgIpc) is 2.65. The second-order valence-electron chi connectivity index (χ2n) is 5.30. The number of para-hydroxylation sites is 1. The summed E-state index contributed by atoms with van der Waals surface area (Å²) in [5.74, 6) is 1.10. The van der Waals surface area contributed by atoms with Crippen molar-refractivity contribution in [3.63, 3.8) is 0 Å². The summed E-state index contributed by atoms with van der Waals surface area (Å²) in [6, 6.07) is 10.4. The first-order chi connectivity index (χ1) is 12.1. The first kappa shape index (κ1) is 16.7. The third kappa shape index (κ3) is 3.38. The van der Waals surface area contributed by atoms with Crippen molar-refractivity contribution in [2.45, 2.75) is 0 Å². The summed E-state index contributed by atoms with van der Waals surface area (Å²) >= 11 is 0. The van der Waals surface area contributed by atoms with Gasteiger partial charge in [-0.15, -0.1) is 0 Å². The molecule has 0 atom stereocenters. The van der Waals surface area contributed by atoms with Crippen LogP contribution in [0.3, 0.4) is 0 Å². The van der Waals surface area contributed by atoms with Gasteiger partial charge in [-0.2, -0.15) is 0 Å². The van der Waals surface area contributed by atoms with Crippen LogP contribution in [0.1, 0.15) is 11.1 Å². The van der Waals surface area contributed by atoms with Crippen molar-refractivity contribution < 1.29 is 28.8 Å². The van der Waals surface area contributed by atoms with Crippen molar-refractivity contribution in [2.75, 3.05) is 27.4 Å². The summed E-state index contributed by atoms with van der Waals surface area (Å²) < 4.78 is 21.6. The molecule has 2 aromatic rings. The normalized spacial score (nSPS) is 13.3. The van der Waals surface area contributed by atoms with E-state index in [1.807, 2.05) is 0 Å². The zero-order valence-corrected chi connectivity index (χ0v) is 13.9. The predicted octanol–water partition coefficient (Wildman–Crippen LogP) is 3.10. The number of fused-ring (bicyclic) bond motifs is 1. The number of aliphatic carboxylic acids is 1. The van der Waals surface area contributed by atoms with Gasteiger partial charge in [0, 0.05) is 5.56 Å². The van der Waals surface area contributed by atoms with E-state index in [9.17, 15) is 9.90 Å². The van der Waals surface area contributed by atoms with Crippen LogP contribution in [0.2, 0.25) is 0 Å². The highest BCUT2D eigenvalue weighted by Gasteiger charge is 2.18. The van der Waals surface area contributed by atoms with E-state index in [0.717, 1.165) is 0 Å². The van der Waals surface area contributed by atoms with Gasteiger partial charge in [-0.25, -0.2) is 4.79 Å². The number of rotatable bonds is 5. The molecule has 0 fully saturated rings. The highest BCUT2D eigenvalue weighted by Crippen LogP contribution is 2.36. The number of hydrogen-bond acceptors (Lipinski definition) is 5. The van der Waals surface area contributed by atoms with Crippen molar-refractivity contribution in [3.8, 4) is 23.0 Å². The van der Waals surface area contributed by atoms with Crippen molar-refractivity contribution in [2.24, 2.45) is 0 Å². The third-order valence-electron chi connectivity index (χ3n) is 3.82. The fraction of sp³-hybridized carbons (Fsp3) is 0.211. The fourth-order valence-corrected chi connectivity index (χ4v) is 2.66. The smallest absolute Gasteiger partial charge is 0.336 e. The van der Waals surface area contributed by atoms with Gasteiger partial charge in [-0.05, 0) is 29.8 Å². The molecule has 0 aromatic heterocycles. The van der Waals surface area contributed by atoms with Crippen molar-refractivity contribution in [1.29, 1.82) is 0 Å². The van der Waals surface area contributed by atoms with Crippen molar-refractivity contribution in [3.05, 3.63) is 47.5 Å². The van der Waals surface area contributed by atoms with Gasteiger partial charge in [0.1, 0.15) is 13.2 Å². The number of carboxylic acid groups (broad SMARTS) is 1. The predicted molar refractivity (Wildman–Crippen MR) is 92.5 cm³/mol. The second-order valence-corrected chi connectivity index (χ2v) is 5.30. The second kappa shape index (κ2) is 7.17. The van der Waals surface area contributed by atoms with E-state index in [1.165, 1.54) is 14.2 Å². The van der Waals surface area contributed by atoms with Crippen molar-refractivity contribution in [1.82, 2.24) is 0 Å². The molecule has 1 aliphatic heterocycles. The largest absolute Gasteiger partial charge is 0.493 e. The number of carbonyl (C=O) groups is 1. The molecule has 0 unspecified atom stereocenters. The summed E-state index contributed by atoms with van der Waals surface area (Å²) in [6.45, 7) is 0.918. The van der Waals surface area contributed by atoms with E-state index >= 15 is 0 Å². The van der Waals surface area contributed by atoms with Gasteiger partial charge in [-0.3, -0.25) is 0 Å². The van der Waals surface area contributed by atoms with Crippen LogP contribution in [-0.2, 0) is 4.79 Å².